The number of H-pyrrole nitrogens is 1. The van der Waals surface area contributed by atoms with E-state index in [4.69, 9.17) is 0 Å². The van der Waals surface area contributed by atoms with E-state index in [1.54, 1.807) is 24.3 Å². The van der Waals surface area contributed by atoms with Crippen molar-refractivity contribution in [3.63, 3.8) is 0 Å². The molecule has 1 aromatic heterocycles. The molecule has 0 atom stereocenters. The zero-order valence-electron chi connectivity index (χ0n) is 8.08. The lowest BCUT2D eigenvalue weighted by atomic mass is 10.3. The maximum Gasteiger partial charge on any atom is 0.436 e. The lowest BCUT2D eigenvalue weighted by Crippen LogP contribution is -2.31. The van der Waals surface area contributed by atoms with Crippen LogP contribution < -0.4 is 15.8 Å². The number of carbonyl (C=O) groups is 1. The zero-order chi connectivity index (χ0) is 11.4. The molecule has 0 spiro atoms. The molecule has 7 heteroatoms. The smallest absolute Gasteiger partial charge is 0.311 e. The number of aromatic nitrogens is 3. The highest BCUT2D eigenvalue weighted by Crippen LogP contribution is 2.04. The first kappa shape index (κ1) is 9.97. The van der Waals surface area contributed by atoms with E-state index in [0.29, 0.717) is 10.4 Å². The molecule has 0 unspecified atom stereocenters. The van der Waals surface area contributed by atoms with Gasteiger partial charge in [-0.25, -0.2) is 14.7 Å². The number of hydrogen-bond donors (Lipinski definition) is 2. The average Bonchev–Trinajstić information content (AvgIpc) is 2.66. The summed E-state index contributed by atoms with van der Waals surface area (Å²) in [6.07, 6.45) is 0.294. The molecule has 82 valence electrons. The quantitative estimate of drug-likeness (QED) is 0.758. The van der Waals surface area contributed by atoms with E-state index in [1.165, 1.54) is 0 Å². The molecule has 2 rings (SSSR count). The number of nitrogens with zero attached hydrogens (tertiary/aromatic N) is 2. The Morgan fingerprint density at radius 3 is 2.75 bits per heavy atom. The van der Waals surface area contributed by atoms with Gasteiger partial charge in [0, 0.05) is 5.69 Å². The van der Waals surface area contributed by atoms with Gasteiger partial charge in [0.25, 0.3) is 0 Å². The third-order valence-electron chi connectivity index (χ3n) is 1.72. The van der Waals surface area contributed by atoms with Crippen molar-refractivity contribution in [3.05, 3.63) is 47.1 Å². The van der Waals surface area contributed by atoms with Gasteiger partial charge in [0.2, 0.25) is 0 Å². The number of amides is 1. The van der Waals surface area contributed by atoms with E-state index in [9.17, 15) is 9.59 Å². The van der Waals surface area contributed by atoms with E-state index < -0.39 is 11.8 Å². The van der Waals surface area contributed by atoms with E-state index >= 15 is 0 Å². The predicted molar refractivity (Wildman–Crippen MR) is 54.9 cm³/mol. The minimum atomic E-state index is -0.769. The number of para-hydroxylation sites is 1. The Bertz CT molecular complexity index is 531. The normalized spacial score (nSPS) is 9.75. The van der Waals surface area contributed by atoms with Gasteiger partial charge in [-0.15, -0.1) is 4.73 Å². The van der Waals surface area contributed by atoms with Crippen LogP contribution in [-0.2, 0) is 0 Å². The van der Waals surface area contributed by atoms with Crippen molar-refractivity contribution < 1.29 is 9.63 Å². The molecule has 0 aliphatic heterocycles. The van der Waals surface area contributed by atoms with Crippen molar-refractivity contribution in [2.75, 3.05) is 5.32 Å². The van der Waals surface area contributed by atoms with E-state index in [1.807, 2.05) is 6.07 Å². The van der Waals surface area contributed by atoms with E-state index in [2.05, 4.69) is 20.4 Å². The highest BCUT2D eigenvalue weighted by molar-refractivity contribution is 5.84. The molecule has 0 aliphatic carbocycles. The number of nitrogens with one attached hydrogen (secondary N) is 2. The van der Waals surface area contributed by atoms with Crippen LogP contribution in [0.2, 0.25) is 0 Å². The Labute approximate surface area is 89.6 Å². The molecule has 1 aromatic carbocycles. The van der Waals surface area contributed by atoms with Crippen molar-refractivity contribution in [1.29, 1.82) is 0 Å². The lowest BCUT2D eigenvalue weighted by molar-refractivity contribution is 0.143. The Kier molecular flexibility index (Phi) is 2.68. The second-order valence-electron chi connectivity index (χ2n) is 2.86. The molecule has 1 heterocycles. The van der Waals surface area contributed by atoms with Crippen molar-refractivity contribution in [2.45, 2.75) is 0 Å². The van der Waals surface area contributed by atoms with Crippen LogP contribution in [-0.4, -0.2) is 21.0 Å². The first-order chi connectivity index (χ1) is 7.75. The maximum absolute atomic E-state index is 11.3. The second-order valence-corrected chi connectivity index (χ2v) is 2.86. The van der Waals surface area contributed by atoms with Gasteiger partial charge in [0.15, 0.2) is 6.33 Å². The molecule has 0 aliphatic rings. The molecule has 7 nitrogen and oxygen atoms in total. The third kappa shape index (κ3) is 2.27. The van der Waals surface area contributed by atoms with Gasteiger partial charge in [-0.2, -0.15) is 5.10 Å². The van der Waals surface area contributed by atoms with Crippen molar-refractivity contribution >= 4 is 11.8 Å². The number of anilines is 1. The lowest BCUT2D eigenvalue weighted by Gasteiger charge is -2.04. The van der Waals surface area contributed by atoms with Crippen molar-refractivity contribution in [3.8, 4) is 0 Å². The van der Waals surface area contributed by atoms with Crippen molar-refractivity contribution in [2.24, 2.45) is 0 Å². The Hall–Kier alpha value is -2.57. The minimum absolute atomic E-state index is 0.573. The summed E-state index contributed by atoms with van der Waals surface area (Å²) in [6.45, 7) is 0. The fraction of sp³-hybridized carbons (Fsp3) is 0. The van der Waals surface area contributed by atoms with Gasteiger partial charge in [0.05, 0.1) is 0 Å². The summed E-state index contributed by atoms with van der Waals surface area (Å²) in [5, 5.41) is 7.94. The molecule has 0 bridgehead atoms. The van der Waals surface area contributed by atoms with Gasteiger partial charge in [0.1, 0.15) is 0 Å². The molecule has 0 radical (unpaired) electrons. The van der Waals surface area contributed by atoms with Gasteiger partial charge in [-0.3, -0.25) is 5.32 Å². The van der Waals surface area contributed by atoms with E-state index in [0.717, 1.165) is 6.33 Å². The van der Waals surface area contributed by atoms with Crippen LogP contribution in [0.25, 0.3) is 0 Å². The van der Waals surface area contributed by atoms with Gasteiger partial charge in [-0.1, -0.05) is 18.2 Å². The molecule has 0 saturated heterocycles. The number of benzene rings is 1. The van der Waals surface area contributed by atoms with E-state index in [-0.39, 0.29) is 0 Å². The van der Waals surface area contributed by atoms with Crippen LogP contribution in [0.1, 0.15) is 0 Å². The standard InChI is InChI=1S/C9H8N4O3/c14-8-12-10-6-13(8)16-9(15)11-7-4-2-1-3-5-7/h1-6H,(H,11,15)(H,12,14). The van der Waals surface area contributed by atoms with Crippen LogP contribution in [0, 0.1) is 0 Å². The maximum atomic E-state index is 11.3. The third-order valence-corrected chi connectivity index (χ3v) is 1.72. The highest BCUT2D eigenvalue weighted by Gasteiger charge is 2.06. The fourth-order valence-electron chi connectivity index (χ4n) is 1.05. The fourth-order valence-corrected chi connectivity index (χ4v) is 1.05. The Morgan fingerprint density at radius 1 is 1.38 bits per heavy atom. The molecule has 16 heavy (non-hydrogen) atoms. The minimum Gasteiger partial charge on any atom is -0.311 e. The van der Waals surface area contributed by atoms with Gasteiger partial charge in [-0.05, 0) is 12.1 Å². The molecule has 2 aromatic rings. The summed E-state index contributed by atoms with van der Waals surface area (Å²) in [5.74, 6) is 0. The predicted octanol–water partition coefficient (Wildman–Crippen LogP) is 0.232. The Morgan fingerprint density at radius 2 is 2.12 bits per heavy atom. The summed E-state index contributed by atoms with van der Waals surface area (Å²) in [6, 6.07) is 8.73. The average molecular weight is 220 g/mol. The van der Waals surface area contributed by atoms with Crippen LogP contribution in [0.3, 0.4) is 0 Å². The summed E-state index contributed by atoms with van der Waals surface area (Å²) >= 11 is 0. The van der Waals surface area contributed by atoms with Crippen LogP contribution in [0.5, 0.6) is 0 Å². The number of hydrogen-bond acceptors (Lipinski definition) is 4. The van der Waals surface area contributed by atoms with Crippen LogP contribution in [0.4, 0.5) is 10.5 Å². The highest BCUT2D eigenvalue weighted by atomic mass is 16.7. The zero-order valence-corrected chi connectivity index (χ0v) is 8.08. The molecule has 0 saturated carbocycles. The molecule has 2 N–H and O–H groups in total. The van der Waals surface area contributed by atoms with Crippen LogP contribution in [0.15, 0.2) is 41.5 Å². The molecule has 1 amide bonds. The summed E-state index contributed by atoms with van der Waals surface area (Å²) in [7, 11) is 0. The number of carbonyl (C=O) groups excluding carboxylic acids is 1. The summed E-state index contributed by atoms with van der Waals surface area (Å²) < 4.78 is 0.693. The monoisotopic (exact) mass is 220 g/mol. The number of rotatable bonds is 2. The van der Waals surface area contributed by atoms with Gasteiger partial charge >= 0.3 is 11.8 Å². The number of aromatic amines is 1. The summed E-state index contributed by atoms with van der Waals surface area (Å²) in [4.78, 5) is 26.9. The SMILES string of the molecule is O=C(Nc1ccccc1)On1cn[nH]c1=O. The van der Waals surface area contributed by atoms with Crippen molar-refractivity contribution in [1.82, 2.24) is 14.9 Å². The Balaban J connectivity index is 2.00. The van der Waals surface area contributed by atoms with Gasteiger partial charge < -0.3 is 4.84 Å². The molecule has 0 fully saturated rings. The van der Waals surface area contributed by atoms with Crippen LogP contribution >= 0.6 is 0 Å². The first-order valence-electron chi connectivity index (χ1n) is 4.42. The second kappa shape index (κ2) is 4.30. The molecular weight excluding hydrogens is 212 g/mol. The summed E-state index contributed by atoms with van der Waals surface area (Å²) in [5.41, 5.74) is -0.0488. The molecular formula is C9H8N4O3. The topological polar surface area (TPSA) is 89.0 Å². The first-order valence-corrected chi connectivity index (χ1v) is 4.42. The largest absolute Gasteiger partial charge is 0.436 e.